The number of para-hydroxylation sites is 1. The maximum atomic E-state index is 13.3. The van der Waals surface area contributed by atoms with Crippen LogP contribution in [0, 0.1) is 5.82 Å². The van der Waals surface area contributed by atoms with Gasteiger partial charge in [-0.25, -0.2) is 4.39 Å². The van der Waals surface area contributed by atoms with Crippen LogP contribution in [0.5, 0.6) is 0 Å². The maximum Gasteiger partial charge on any atom is 0.258 e. The zero-order valence-corrected chi connectivity index (χ0v) is 18.5. The zero-order valence-electron chi connectivity index (χ0n) is 18.5. The van der Waals surface area contributed by atoms with Crippen LogP contribution >= 0.6 is 0 Å². The second-order valence-electron chi connectivity index (χ2n) is 8.94. The first-order valence-electron chi connectivity index (χ1n) is 11.4. The van der Waals surface area contributed by atoms with Crippen molar-refractivity contribution in [1.82, 2.24) is 10.2 Å². The number of halogens is 1. The fraction of sp³-hybridized carbons (Fsp3) is 0.440. The molecule has 0 radical (unpaired) electrons. The van der Waals surface area contributed by atoms with Crippen LogP contribution in [0.25, 0.3) is 0 Å². The minimum absolute atomic E-state index is 0.110. The van der Waals surface area contributed by atoms with Gasteiger partial charge in [0.15, 0.2) is 0 Å². The lowest BCUT2D eigenvalue weighted by atomic mass is 9.80. The molecule has 2 atom stereocenters. The average molecular weight is 454 g/mol. The van der Waals surface area contributed by atoms with E-state index < -0.39 is 11.5 Å². The Morgan fingerprint density at radius 3 is 2.64 bits per heavy atom. The van der Waals surface area contributed by atoms with E-state index in [-0.39, 0.29) is 17.6 Å². The molecule has 2 amide bonds. The summed E-state index contributed by atoms with van der Waals surface area (Å²) in [6.45, 7) is 5.39. The quantitative estimate of drug-likeness (QED) is 0.750. The fourth-order valence-corrected chi connectivity index (χ4v) is 5.03. The van der Waals surface area contributed by atoms with Crippen molar-refractivity contribution >= 4 is 17.5 Å². The molecular weight excluding hydrogens is 425 g/mol. The number of nitrogens with zero attached hydrogens (tertiary/aromatic N) is 2. The minimum Gasteiger partial charge on any atom is -0.379 e. The smallest absolute Gasteiger partial charge is 0.258 e. The summed E-state index contributed by atoms with van der Waals surface area (Å²) < 4.78 is 24.7. The van der Waals surface area contributed by atoms with Crippen LogP contribution in [0.1, 0.15) is 22.3 Å². The number of nitrogens with one attached hydrogen (secondary N) is 1. The van der Waals surface area contributed by atoms with E-state index >= 15 is 0 Å². The molecule has 2 fully saturated rings. The van der Waals surface area contributed by atoms with Crippen LogP contribution in [0.2, 0.25) is 0 Å². The van der Waals surface area contributed by atoms with Gasteiger partial charge in [0.1, 0.15) is 11.9 Å². The number of benzene rings is 2. The van der Waals surface area contributed by atoms with Gasteiger partial charge in [0.2, 0.25) is 5.91 Å². The van der Waals surface area contributed by atoms with Gasteiger partial charge >= 0.3 is 0 Å². The molecule has 0 saturated carbocycles. The summed E-state index contributed by atoms with van der Waals surface area (Å²) in [5, 5.41) is 3.00. The molecule has 5 rings (SSSR count). The van der Waals surface area contributed by atoms with E-state index in [1.807, 2.05) is 24.3 Å². The average Bonchev–Trinajstić information content (AvgIpc) is 3.42. The van der Waals surface area contributed by atoms with Crippen molar-refractivity contribution < 1.29 is 23.5 Å². The van der Waals surface area contributed by atoms with E-state index in [0.29, 0.717) is 31.7 Å². The number of amides is 2. The molecule has 33 heavy (non-hydrogen) atoms. The molecule has 3 heterocycles. The molecule has 0 unspecified atom stereocenters. The van der Waals surface area contributed by atoms with E-state index in [0.717, 1.165) is 44.1 Å². The summed E-state index contributed by atoms with van der Waals surface area (Å²) >= 11 is 0. The van der Waals surface area contributed by atoms with Crippen molar-refractivity contribution in [3.05, 3.63) is 65.5 Å². The molecule has 0 bridgehead atoms. The standard InChI is InChI=1S/C25H28FN3O4/c26-19-7-5-18(6-8-19)24(31)29-16-25(20-3-1-2-4-21(20)29)15-22(33-17-25)23(30)27-9-10-28-11-13-32-14-12-28/h1-8,22H,9-17H2,(H,27,30)/t22-,25-/m0/s1. The van der Waals surface area contributed by atoms with Crippen LogP contribution in [0.4, 0.5) is 10.1 Å². The van der Waals surface area contributed by atoms with Crippen molar-refractivity contribution in [2.75, 3.05) is 57.4 Å². The summed E-state index contributed by atoms with van der Waals surface area (Å²) in [7, 11) is 0. The molecule has 8 heteroatoms. The first-order chi connectivity index (χ1) is 16.1. The Balaban J connectivity index is 1.26. The summed E-state index contributed by atoms with van der Waals surface area (Å²) in [6.07, 6.45) is -0.0377. The third kappa shape index (κ3) is 4.38. The lowest BCUT2D eigenvalue weighted by Gasteiger charge is -2.26. The highest BCUT2D eigenvalue weighted by atomic mass is 19.1. The third-order valence-corrected chi connectivity index (χ3v) is 6.82. The Hall–Kier alpha value is -2.81. The number of carbonyl (C=O) groups is 2. The lowest BCUT2D eigenvalue weighted by molar-refractivity contribution is -0.130. The molecule has 3 aliphatic heterocycles. The molecule has 1 N–H and O–H groups in total. The van der Waals surface area contributed by atoms with E-state index in [1.165, 1.54) is 24.3 Å². The molecular formula is C25H28FN3O4. The number of hydrogen-bond acceptors (Lipinski definition) is 5. The molecule has 2 aromatic carbocycles. The van der Waals surface area contributed by atoms with E-state index in [9.17, 15) is 14.0 Å². The van der Waals surface area contributed by atoms with Gasteiger partial charge in [-0.1, -0.05) is 18.2 Å². The number of hydrogen-bond donors (Lipinski definition) is 1. The lowest BCUT2D eigenvalue weighted by Crippen LogP contribution is -2.43. The van der Waals surface area contributed by atoms with Gasteiger partial charge in [-0.3, -0.25) is 14.5 Å². The maximum absolute atomic E-state index is 13.3. The van der Waals surface area contributed by atoms with E-state index in [1.54, 1.807) is 4.90 Å². The topological polar surface area (TPSA) is 71.1 Å². The number of ether oxygens (including phenoxy) is 2. The number of morpholine rings is 1. The van der Waals surface area contributed by atoms with Crippen molar-refractivity contribution in [2.45, 2.75) is 17.9 Å². The molecule has 7 nitrogen and oxygen atoms in total. The second kappa shape index (κ2) is 9.21. The Labute approximate surface area is 192 Å². The largest absolute Gasteiger partial charge is 0.379 e. The third-order valence-electron chi connectivity index (χ3n) is 6.82. The Morgan fingerprint density at radius 1 is 1.09 bits per heavy atom. The van der Waals surface area contributed by atoms with Gasteiger partial charge in [0.25, 0.3) is 5.91 Å². The highest BCUT2D eigenvalue weighted by Crippen LogP contribution is 2.47. The van der Waals surface area contributed by atoms with Crippen LogP contribution in [0.15, 0.2) is 48.5 Å². The van der Waals surface area contributed by atoms with Gasteiger partial charge in [-0.15, -0.1) is 0 Å². The molecule has 174 valence electrons. The monoisotopic (exact) mass is 453 g/mol. The zero-order chi connectivity index (χ0) is 22.8. The molecule has 0 aromatic heterocycles. The van der Waals surface area contributed by atoms with Gasteiger partial charge in [0.05, 0.1) is 19.8 Å². The summed E-state index contributed by atoms with van der Waals surface area (Å²) in [4.78, 5) is 30.0. The molecule has 2 saturated heterocycles. The van der Waals surface area contributed by atoms with Crippen molar-refractivity contribution in [2.24, 2.45) is 0 Å². The SMILES string of the molecule is O=C(NCCN1CCOCC1)[C@@H]1C[C@@]2(CO1)CN(C(=O)c1ccc(F)cc1)c1ccccc12. The normalized spacial score (nSPS) is 24.8. The highest BCUT2D eigenvalue weighted by molar-refractivity contribution is 6.07. The van der Waals surface area contributed by atoms with Crippen LogP contribution < -0.4 is 10.2 Å². The molecule has 3 aliphatic rings. The van der Waals surface area contributed by atoms with Crippen LogP contribution in [-0.4, -0.2) is 75.4 Å². The summed E-state index contributed by atoms with van der Waals surface area (Å²) in [6, 6.07) is 13.4. The Morgan fingerprint density at radius 2 is 1.85 bits per heavy atom. The number of anilines is 1. The number of carbonyl (C=O) groups excluding carboxylic acids is 2. The predicted octanol–water partition coefficient (Wildman–Crippen LogP) is 1.96. The Bertz CT molecular complexity index is 1020. The van der Waals surface area contributed by atoms with Crippen LogP contribution in [0.3, 0.4) is 0 Å². The first kappa shape index (κ1) is 22.0. The molecule has 2 aromatic rings. The molecule has 0 aliphatic carbocycles. The predicted molar refractivity (Wildman–Crippen MR) is 121 cm³/mol. The second-order valence-corrected chi connectivity index (χ2v) is 8.94. The fourth-order valence-electron chi connectivity index (χ4n) is 5.03. The van der Waals surface area contributed by atoms with Gasteiger partial charge in [-0.05, 0) is 42.3 Å². The highest BCUT2D eigenvalue weighted by Gasteiger charge is 2.51. The van der Waals surface area contributed by atoms with Crippen molar-refractivity contribution in [3.63, 3.8) is 0 Å². The van der Waals surface area contributed by atoms with Crippen molar-refractivity contribution in [3.8, 4) is 0 Å². The van der Waals surface area contributed by atoms with E-state index in [4.69, 9.17) is 9.47 Å². The Kier molecular flexibility index (Phi) is 6.14. The molecule has 1 spiro atoms. The summed E-state index contributed by atoms with van der Waals surface area (Å²) in [5.74, 6) is -0.671. The van der Waals surface area contributed by atoms with E-state index in [2.05, 4.69) is 10.2 Å². The minimum atomic E-state index is -0.552. The summed E-state index contributed by atoms with van der Waals surface area (Å²) in [5.41, 5.74) is 1.84. The van der Waals surface area contributed by atoms with Crippen molar-refractivity contribution in [1.29, 1.82) is 0 Å². The number of fused-ring (bicyclic) bond motifs is 2. The van der Waals surface area contributed by atoms with Gasteiger partial charge in [0, 0.05) is 49.4 Å². The van der Waals surface area contributed by atoms with Gasteiger partial charge < -0.3 is 19.7 Å². The van der Waals surface area contributed by atoms with Gasteiger partial charge in [-0.2, -0.15) is 0 Å². The first-order valence-corrected chi connectivity index (χ1v) is 11.4. The van der Waals surface area contributed by atoms with Crippen LogP contribution in [-0.2, 0) is 19.7 Å². The number of rotatable bonds is 5.